The summed E-state index contributed by atoms with van der Waals surface area (Å²) in [5, 5.41) is 21.8. The molecule has 4 rings (SSSR count). The standard InChI is InChI=1S/C20H28FN3O2.C15H20FN3.ClH/c1-14(2)12-15-6-7-16(13-22)18(17(15)21)23-8-10-24(11-9-23)19(25)26-20(3,4)5;1-11(2)9-12-3-4-13(10-17)15(14(12)16)19-7-5-18-6-8-19;/h6-7,14H,8-12H2,1-5H3;3-4,11,18H,5-9H2,1-2H3;1H. The molecule has 1 N–H and O–H groups in total. The van der Waals surface area contributed by atoms with Gasteiger partial charge in [-0.1, -0.05) is 39.8 Å². The van der Waals surface area contributed by atoms with Gasteiger partial charge in [-0.2, -0.15) is 10.5 Å². The summed E-state index contributed by atoms with van der Waals surface area (Å²) in [6.45, 7) is 18.7. The van der Waals surface area contributed by atoms with Gasteiger partial charge in [-0.15, -0.1) is 12.4 Å². The van der Waals surface area contributed by atoms with Crippen molar-refractivity contribution in [3.05, 3.63) is 58.2 Å². The summed E-state index contributed by atoms with van der Waals surface area (Å²) in [5.41, 5.74) is 2.41. The van der Waals surface area contributed by atoms with E-state index in [4.69, 9.17) is 4.74 Å². The fourth-order valence-electron chi connectivity index (χ4n) is 5.53. The number of carbonyl (C=O) groups excluding carboxylic acids is 1. The van der Waals surface area contributed by atoms with Gasteiger partial charge in [0.2, 0.25) is 0 Å². The number of anilines is 2. The molecule has 0 aliphatic carbocycles. The van der Waals surface area contributed by atoms with Crippen molar-refractivity contribution in [2.75, 3.05) is 62.2 Å². The van der Waals surface area contributed by atoms with Crippen LogP contribution in [0.2, 0.25) is 0 Å². The molecule has 2 aromatic carbocycles. The normalized spacial score (nSPS) is 15.0. The summed E-state index contributed by atoms with van der Waals surface area (Å²) in [6.07, 6.45) is 0.977. The number of hydrogen-bond acceptors (Lipinski definition) is 7. The Kier molecular flexibility index (Phi) is 14.6. The zero-order chi connectivity index (χ0) is 33.3. The smallest absolute Gasteiger partial charge is 0.410 e. The average Bonchev–Trinajstić information content (AvgIpc) is 2.98. The van der Waals surface area contributed by atoms with Crippen molar-refractivity contribution >= 4 is 29.9 Å². The molecule has 252 valence electrons. The molecule has 2 heterocycles. The molecule has 2 aliphatic rings. The number of hydrogen-bond donors (Lipinski definition) is 1. The lowest BCUT2D eigenvalue weighted by molar-refractivity contribution is 0.0240. The first-order chi connectivity index (χ1) is 21.2. The number of benzene rings is 2. The number of piperazine rings is 2. The largest absolute Gasteiger partial charge is 0.444 e. The minimum atomic E-state index is -0.542. The number of nitrogens with one attached hydrogen (secondary N) is 1. The second-order valence-electron chi connectivity index (χ2n) is 13.5. The molecule has 1 amide bonds. The van der Waals surface area contributed by atoms with Gasteiger partial charge < -0.3 is 24.8 Å². The number of nitrogens with zero attached hydrogens (tertiary/aromatic N) is 5. The molecule has 2 fully saturated rings. The lowest BCUT2D eigenvalue weighted by Gasteiger charge is -2.37. The summed E-state index contributed by atoms with van der Waals surface area (Å²) in [7, 11) is 0. The van der Waals surface area contributed by atoms with Crippen LogP contribution >= 0.6 is 12.4 Å². The number of nitriles is 2. The third-order valence-corrected chi connectivity index (χ3v) is 7.57. The summed E-state index contributed by atoms with van der Waals surface area (Å²) < 4.78 is 35.1. The number of amides is 1. The van der Waals surface area contributed by atoms with Crippen LogP contribution in [0.5, 0.6) is 0 Å². The monoisotopic (exact) mass is 658 g/mol. The highest BCUT2D eigenvalue weighted by Gasteiger charge is 2.29. The van der Waals surface area contributed by atoms with E-state index >= 15 is 4.39 Å². The van der Waals surface area contributed by atoms with Gasteiger partial charge in [-0.05, 0) is 68.7 Å². The molecule has 2 aromatic rings. The second-order valence-corrected chi connectivity index (χ2v) is 13.5. The first kappa shape index (κ1) is 38.6. The zero-order valence-electron chi connectivity index (χ0n) is 28.3. The summed E-state index contributed by atoms with van der Waals surface area (Å²) in [5.74, 6) is 0.200. The summed E-state index contributed by atoms with van der Waals surface area (Å²) in [6, 6.07) is 11.1. The van der Waals surface area contributed by atoms with Gasteiger partial charge in [-0.3, -0.25) is 0 Å². The van der Waals surface area contributed by atoms with Gasteiger partial charge in [0, 0.05) is 52.4 Å². The van der Waals surface area contributed by atoms with E-state index in [1.165, 1.54) is 0 Å². The first-order valence-corrected chi connectivity index (χ1v) is 15.9. The molecule has 0 unspecified atom stereocenters. The van der Waals surface area contributed by atoms with Crippen LogP contribution in [0.15, 0.2) is 24.3 Å². The van der Waals surface area contributed by atoms with E-state index in [1.54, 1.807) is 29.2 Å². The van der Waals surface area contributed by atoms with Crippen molar-refractivity contribution < 1.29 is 18.3 Å². The lowest BCUT2D eigenvalue weighted by Crippen LogP contribution is -2.50. The molecule has 0 radical (unpaired) electrons. The number of halogens is 3. The van der Waals surface area contributed by atoms with E-state index < -0.39 is 5.60 Å². The van der Waals surface area contributed by atoms with Gasteiger partial charge in [0.05, 0.1) is 22.5 Å². The van der Waals surface area contributed by atoms with Gasteiger partial charge in [-0.25, -0.2) is 13.6 Å². The molecule has 11 heteroatoms. The third kappa shape index (κ3) is 10.5. The van der Waals surface area contributed by atoms with Crippen LogP contribution in [-0.2, 0) is 17.6 Å². The van der Waals surface area contributed by atoms with Crippen molar-refractivity contribution in [3.8, 4) is 12.1 Å². The molecule has 0 atom stereocenters. The van der Waals surface area contributed by atoms with Crippen molar-refractivity contribution in [3.63, 3.8) is 0 Å². The quantitative estimate of drug-likeness (QED) is 0.370. The Hall–Kier alpha value is -3.60. The highest BCUT2D eigenvalue weighted by atomic mass is 35.5. The van der Waals surface area contributed by atoms with Gasteiger partial charge in [0.15, 0.2) is 11.6 Å². The van der Waals surface area contributed by atoms with Crippen molar-refractivity contribution in [2.24, 2.45) is 11.8 Å². The van der Waals surface area contributed by atoms with Crippen LogP contribution in [0.3, 0.4) is 0 Å². The maximum atomic E-state index is 15.0. The fourth-order valence-corrected chi connectivity index (χ4v) is 5.53. The predicted molar refractivity (Wildman–Crippen MR) is 182 cm³/mol. The topological polar surface area (TPSA) is 95.6 Å². The Balaban J connectivity index is 0.000000328. The van der Waals surface area contributed by atoms with Crippen LogP contribution in [0.25, 0.3) is 0 Å². The number of ether oxygens (including phenoxy) is 1. The summed E-state index contributed by atoms with van der Waals surface area (Å²) >= 11 is 0. The van der Waals surface area contributed by atoms with Gasteiger partial charge >= 0.3 is 6.09 Å². The Morgan fingerprint density at radius 2 is 1.22 bits per heavy atom. The predicted octanol–water partition coefficient (Wildman–Crippen LogP) is 6.68. The molecular formula is C35H49ClF2N6O2. The highest BCUT2D eigenvalue weighted by molar-refractivity contribution is 5.85. The van der Waals surface area contributed by atoms with E-state index in [0.29, 0.717) is 84.5 Å². The second kappa shape index (κ2) is 17.4. The average molecular weight is 659 g/mol. The number of carbonyl (C=O) groups is 1. The van der Waals surface area contributed by atoms with Crippen LogP contribution in [0.1, 0.15) is 70.7 Å². The third-order valence-electron chi connectivity index (χ3n) is 7.57. The lowest BCUT2D eigenvalue weighted by atomic mass is 9.99. The van der Waals surface area contributed by atoms with Crippen LogP contribution in [0, 0.1) is 46.1 Å². The van der Waals surface area contributed by atoms with E-state index in [0.717, 1.165) is 26.2 Å². The minimum absolute atomic E-state index is 0. The van der Waals surface area contributed by atoms with Crippen LogP contribution in [0.4, 0.5) is 25.0 Å². The fraction of sp³-hybridized carbons (Fsp3) is 0.571. The van der Waals surface area contributed by atoms with E-state index in [1.807, 2.05) is 44.4 Å². The Morgan fingerprint density at radius 1 is 0.804 bits per heavy atom. The van der Waals surface area contributed by atoms with E-state index in [2.05, 4.69) is 31.3 Å². The minimum Gasteiger partial charge on any atom is -0.444 e. The van der Waals surface area contributed by atoms with Crippen molar-refractivity contribution in [1.82, 2.24) is 10.2 Å². The molecule has 0 aromatic heterocycles. The molecule has 8 nitrogen and oxygen atoms in total. The zero-order valence-corrected chi connectivity index (χ0v) is 29.1. The maximum Gasteiger partial charge on any atom is 0.410 e. The molecule has 0 spiro atoms. The SMILES string of the molecule is CC(C)Cc1ccc(C#N)c(N2CCN(C(=O)OC(C)(C)C)CC2)c1F.CC(C)Cc1ccc(C#N)c(N2CCNCC2)c1F.Cl. The van der Waals surface area contributed by atoms with Crippen LogP contribution in [-0.4, -0.2) is 69.0 Å². The van der Waals surface area contributed by atoms with E-state index in [-0.39, 0.29) is 30.1 Å². The molecule has 2 aliphatic heterocycles. The Morgan fingerprint density at radius 3 is 1.59 bits per heavy atom. The molecule has 2 saturated heterocycles. The van der Waals surface area contributed by atoms with E-state index in [9.17, 15) is 19.7 Å². The molecule has 46 heavy (non-hydrogen) atoms. The maximum absolute atomic E-state index is 15.0. The highest BCUT2D eigenvalue weighted by Crippen LogP contribution is 2.30. The van der Waals surface area contributed by atoms with Crippen molar-refractivity contribution in [2.45, 2.75) is 66.9 Å². The van der Waals surface area contributed by atoms with Gasteiger partial charge in [0.25, 0.3) is 0 Å². The van der Waals surface area contributed by atoms with Gasteiger partial charge in [0.1, 0.15) is 17.7 Å². The Bertz CT molecular complexity index is 1400. The molecule has 0 saturated carbocycles. The van der Waals surface area contributed by atoms with Crippen molar-refractivity contribution in [1.29, 1.82) is 10.5 Å². The Labute approximate surface area is 279 Å². The van der Waals surface area contributed by atoms with Crippen LogP contribution < -0.4 is 15.1 Å². The summed E-state index contributed by atoms with van der Waals surface area (Å²) in [4.78, 5) is 17.6. The molecular weight excluding hydrogens is 610 g/mol. The number of rotatable bonds is 6. The first-order valence-electron chi connectivity index (χ1n) is 15.9. The molecule has 0 bridgehead atoms.